The molecule has 0 aliphatic carbocycles. The van der Waals surface area contributed by atoms with Crippen LogP contribution in [0.15, 0.2) is 24.4 Å². The molecular formula is C8H5N2O. The lowest BCUT2D eigenvalue weighted by Crippen LogP contribution is -1.81. The maximum absolute atomic E-state index is 9.25. The van der Waals surface area contributed by atoms with Gasteiger partial charge in [0.25, 0.3) is 0 Å². The van der Waals surface area contributed by atoms with E-state index in [0.29, 0.717) is 11.0 Å². The Labute approximate surface area is 63.3 Å². The number of para-hydroxylation sites is 1. The summed E-state index contributed by atoms with van der Waals surface area (Å²) in [6.45, 7) is 0. The third-order valence-corrected chi connectivity index (χ3v) is 1.43. The van der Waals surface area contributed by atoms with Crippen LogP contribution < -0.4 is 0 Å². The average molecular weight is 145 g/mol. The Kier molecular flexibility index (Phi) is 1.22. The van der Waals surface area contributed by atoms with Gasteiger partial charge in [0.1, 0.15) is 17.5 Å². The molecule has 0 unspecified atom stereocenters. The summed E-state index contributed by atoms with van der Waals surface area (Å²) >= 11 is 0. The first-order valence-corrected chi connectivity index (χ1v) is 3.19. The highest BCUT2D eigenvalue weighted by Gasteiger charge is 1.97. The number of nitrogens with zero attached hydrogens (tertiary/aromatic N) is 2. The van der Waals surface area contributed by atoms with Gasteiger partial charge in [-0.2, -0.15) is 0 Å². The van der Waals surface area contributed by atoms with Crippen molar-refractivity contribution in [2.45, 2.75) is 0 Å². The van der Waals surface area contributed by atoms with Gasteiger partial charge in [0, 0.05) is 0 Å². The molecule has 0 amide bonds. The first kappa shape index (κ1) is 6.09. The van der Waals surface area contributed by atoms with E-state index in [1.54, 1.807) is 18.2 Å². The van der Waals surface area contributed by atoms with Gasteiger partial charge in [0.05, 0.1) is 11.7 Å². The van der Waals surface area contributed by atoms with Crippen LogP contribution in [0.4, 0.5) is 0 Å². The number of aromatic hydroxyl groups is 1. The maximum Gasteiger partial charge on any atom is 0.143 e. The molecule has 0 aliphatic heterocycles. The van der Waals surface area contributed by atoms with E-state index in [9.17, 15) is 5.11 Å². The Morgan fingerprint density at radius 2 is 2.27 bits per heavy atom. The van der Waals surface area contributed by atoms with E-state index < -0.39 is 0 Å². The number of phenols is 1. The third kappa shape index (κ3) is 0.902. The molecule has 1 heterocycles. The Morgan fingerprint density at radius 3 is 3.09 bits per heavy atom. The minimum absolute atomic E-state index is 0.145. The van der Waals surface area contributed by atoms with Crippen LogP contribution in [0.5, 0.6) is 5.75 Å². The van der Waals surface area contributed by atoms with Crippen molar-refractivity contribution in [3.8, 4) is 5.75 Å². The van der Waals surface area contributed by atoms with E-state index in [1.165, 1.54) is 6.20 Å². The second-order valence-corrected chi connectivity index (χ2v) is 2.14. The Balaban J connectivity index is 2.91. The highest BCUT2D eigenvalue weighted by molar-refractivity contribution is 5.79. The van der Waals surface area contributed by atoms with Gasteiger partial charge in [0.2, 0.25) is 0 Å². The summed E-state index contributed by atoms with van der Waals surface area (Å²) in [6, 6.07) is 5.09. The van der Waals surface area contributed by atoms with Gasteiger partial charge in [0.15, 0.2) is 0 Å². The van der Waals surface area contributed by atoms with Crippen molar-refractivity contribution in [2.75, 3.05) is 0 Å². The summed E-state index contributed by atoms with van der Waals surface area (Å²) in [5.74, 6) is 0.145. The molecule has 0 spiro atoms. The van der Waals surface area contributed by atoms with Crippen LogP contribution in [0.3, 0.4) is 0 Å². The molecule has 0 saturated heterocycles. The van der Waals surface area contributed by atoms with Crippen LogP contribution in [0.1, 0.15) is 0 Å². The lowest BCUT2D eigenvalue weighted by atomic mass is 10.3. The molecule has 0 aliphatic rings. The SMILES string of the molecule is Oc1cccc2nc[c]nc12. The number of rotatable bonds is 0. The summed E-state index contributed by atoms with van der Waals surface area (Å²) in [4.78, 5) is 7.81. The van der Waals surface area contributed by atoms with E-state index >= 15 is 0 Å². The number of hydrogen-bond donors (Lipinski definition) is 1. The second kappa shape index (κ2) is 2.20. The first-order valence-electron chi connectivity index (χ1n) is 3.19. The molecule has 1 aromatic heterocycles. The molecule has 53 valence electrons. The van der Waals surface area contributed by atoms with Crippen LogP contribution in [0.2, 0.25) is 0 Å². The highest BCUT2D eigenvalue weighted by Crippen LogP contribution is 2.18. The fourth-order valence-electron chi connectivity index (χ4n) is 0.930. The summed E-state index contributed by atoms with van der Waals surface area (Å²) < 4.78 is 0. The van der Waals surface area contributed by atoms with Gasteiger partial charge < -0.3 is 5.11 Å². The van der Waals surface area contributed by atoms with Gasteiger partial charge in [-0.15, -0.1) is 0 Å². The monoisotopic (exact) mass is 145 g/mol. The Bertz CT molecular complexity index is 381. The fourth-order valence-corrected chi connectivity index (χ4v) is 0.930. The van der Waals surface area contributed by atoms with Crippen molar-refractivity contribution in [1.82, 2.24) is 9.97 Å². The topological polar surface area (TPSA) is 46.0 Å². The standard InChI is InChI=1S/C8H5N2O/c11-7-3-1-2-6-8(7)10-5-4-9-6/h1-4,11H. The number of benzene rings is 1. The molecule has 1 aromatic carbocycles. The van der Waals surface area contributed by atoms with Crippen molar-refractivity contribution in [3.05, 3.63) is 30.6 Å². The van der Waals surface area contributed by atoms with Crippen molar-refractivity contribution < 1.29 is 5.11 Å². The van der Waals surface area contributed by atoms with E-state index in [0.717, 1.165) is 0 Å². The average Bonchev–Trinajstić information content (AvgIpc) is 2.06. The molecule has 3 nitrogen and oxygen atoms in total. The number of hydrogen-bond acceptors (Lipinski definition) is 3. The molecule has 0 bridgehead atoms. The van der Waals surface area contributed by atoms with E-state index in [2.05, 4.69) is 16.2 Å². The normalized spacial score (nSPS) is 10.2. The van der Waals surface area contributed by atoms with Crippen LogP contribution in [0.25, 0.3) is 11.0 Å². The zero-order chi connectivity index (χ0) is 7.68. The zero-order valence-electron chi connectivity index (χ0n) is 5.65. The summed E-state index contributed by atoms with van der Waals surface area (Å²) in [7, 11) is 0. The molecule has 2 aromatic rings. The third-order valence-electron chi connectivity index (χ3n) is 1.43. The number of phenolic OH excluding ortho intramolecular Hbond substituents is 1. The van der Waals surface area contributed by atoms with Gasteiger partial charge in [-0.05, 0) is 12.1 Å². The van der Waals surface area contributed by atoms with E-state index in [4.69, 9.17) is 0 Å². The van der Waals surface area contributed by atoms with Crippen LogP contribution in [0, 0.1) is 6.20 Å². The number of fused-ring (bicyclic) bond motifs is 1. The van der Waals surface area contributed by atoms with Crippen molar-refractivity contribution in [2.24, 2.45) is 0 Å². The lowest BCUT2D eigenvalue weighted by molar-refractivity contribution is 0.480. The quantitative estimate of drug-likeness (QED) is 0.604. The lowest BCUT2D eigenvalue weighted by Gasteiger charge is -1.95. The fraction of sp³-hybridized carbons (Fsp3) is 0. The summed E-state index contributed by atoms with van der Waals surface area (Å²) in [5.41, 5.74) is 1.18. The van der Waals surface area contributed by atoms with Gasteiger partial charge in [-0.3, -0.25) is 4.98 Å². The summed E-state index contributed by atoms with van der Waals surface area (Å²) in [6.07, 6.45) is 4.03. The molecule has 11 heavy (non-hydrogen) atoms. The molecular weight excluding hydrogens is 140 g/mol. The molecule has 1 N–H and O–H groups in total. The first-order chi connectivity index (χ1) is 5.38. The Hall–Kier alpha value is -1.64. The molecule has 1 radical (unpaired) electrons. The minimum Gasteiger partial charge on any atom is -0.506 e. The van der Waals surface area contributed by atoms with Crippen molar-refractivity contribution in [3.63, 3.8) is 0 Å². The van der Waals surface area contributed by atoms with Gasteiger partial charge in [-0.25, -0.2) is 4.98 Å². The zero-order valence-corrected chi connectivity index (χ0v) is 5.65. The minimum atomic E-state index is 0.145. The smallest absolute Gasteiger partial charge is 0.143 e. The largest absolute Gasteiger partial charge is 0.506 e. The number of aromatic nitrogens is 2. The second-order valence-electron chi connectivity index (χ2n) is 2.14. The van der Waals surface area contributed by atoms with Gasteiger partial charge in [-0.1, -0.05) is 6.07 Å². The van der Waals surface area contributed by atoms with Crippen LogP contribution in [-0.4, -0.2) is 15.1 Å². The van der Waals surface area contributed by atoms with Crippen molar-refractivity contribution >= 4 is 11.0 Å². The predicted molar refractivity (Wildman–Crippen MR) is 40.0 cm³/mol. The molecule has 3 heteroatoms. The molecule has 0 fully saturated rings. The van der Waals surface area contributed by atoms with E-state index in [1.807, 2.05) is 0 Å². The summed E-state index contributed by atoms with van der Waals surface area (Å²) in [5, 5.41) is 9.25. The van der Waals surface area contributed by atoms with Gasteiger partial charge >= 0.3 is 0 Å². The van der Waals surface area contributed by atoms with Crippen molar-refractivity contribution in [1.29, 1.82) is 0 Å². The van der Waals surface area contributed by atoms with Crippen LogP contribution >= 0.6 is 0 Å². The predicted octanol–water partition coefficient (Wildman–Crippen LogP) is 1.14. The van der Waals surface area contributed by atoms with E-state index in [-0.39, 0.29) is 5.75 Å². The Morgan fingerprint density at radius 1 is 1.36 bits per heavy atom. The molecule has 0 saturated carbocycles. The molecule has 2 rings (SSSR count). The maximum atomic E-state index is 9.25. The molecule has 0 atom stereocenters. The highest BCUT2D eigenvalue weighted by atomic mass is 16.3. The van der Waals surface area contributed by atoms with Crippen LogP contribution in [-0.2, 0) is 0 Å².